The van der Waals surface area contributed by atoms with Gasteiger partial charge >= 0.3 is 0 Å². The Morgan fingerprint density at radius 1 is 1.64 bits per heavy atom. The van der Waals surface area contributed by atoms with E-state index in [-0.39, 0.29) is 12.4 Å². The topological polar surface area (TPSA) is 65.2 Å². The number of hydrogen-bond acceptors (Lipinski definition) is 5. The van der Waals surface area contributed by atoms with Crippen LogP contribution >= 0.6 is 11.3 Å². The number of Topliss-reactive ketones (excluding diaryl/α,β-unsaturated/α-hetero) is 1. The number of thiazole rings is 1. The van der Waals surface area contributed by atoms with Crippen molar-refractivity contribution in [1.29, 1.82) is 0 Å². The second-order valence-corrected chi connectivity index (χ2v) is 4.01. The highest BCUT2D eigenvalue weighted by Crippen LogP contribution is 2.18. The van der Waals surface area contributed by atoms with Crippen LogP contribution < -0.4 is 5.73 Å². The molecular weight excluding hydrogens is 200 g/mol. The van der Waals surface area contributed by atoms with E-state index in [9.17, 15) is 4.79 Å². The van der Waals surface area contributed by atoms with Crippen molar-refractivity contribution in [1.82, 2.24) is 4.98 Å². The average Bonchev–Trinajstić information content (AvgIpc) is 2.49. The van der Waals surface area contributed by atoms with Crippen molar-refractivity contribution in [3.8, 4) is 0 Å². The first-order valence-electron chi connectivity index (χ1n) is 4.37. The van der Waals surface area contributed by atoms with E-state index in [1.807, 2.05) is 6.92 Å². The molecule has 0 aliphatic rings. The van der Waals surface area contributed by atoms with Gasteiger partial charge in [-0.1, -0.05) is 0 Å². The van der Waals surface area contributed by atoms with Crippen molar-refractivity contribution in [3.63, 3.8) is 0 Å². The number of hydrogen-bond donors (Lipinski definition) is 1. The van der Waals surface area contributed by atoms with E-state index in [0.717, 1.165) is 17.0 Å². The van der Waals surface area contributed by atoms with Gasteiger partial charge < -0.3 is 10.5 Å². The number of nitrogens with zero attached hydrogens (tertiary/aromatic N) is 1. The third kappa shape index (κ3) is 2.60. The maximum Gasteiger partial charge on any atom is 0.216 e. The SMILES string of the molecule is COCC(=O)c1nc(C)c(CCN)s1. The van der Waals surface area contributed by atoms with E-state index in [2.05, 4.69) is 4.98 Å². The second-order valence-electron chi connectivity index (χ2n) is 2.92. The van der Waals surface area contributed by atoms with Crippen LogP contribution in [-0.2, 0) is 11.2 Å². The first-order valence-corrected chi connectivity index (χ1v) is 5.19. The molecule has 0 spiro atoms. The molecule has 5 heteroatoms. The maximum atomic E-state index is 11.4. The quantitative estimate of drug-likeness (QED) is 0.736. The number of ketones is 1. The monoisotopic (exact) mass is 214 g/mol. The molecule has 0 bridgehead atoms. The van der Waals surface area contributed by atoms with Gasteiger partial charge in [0, 0.05) is 12.0 Å². The predicted octanol–water partition coefficient (Wildman–Crippen LogP) is 0.782. The van der Waals surface area contributed by atoms with Crippen LogP contribution in [0.2, 0.25) is 0 Å². The minimum Gasteiger partial charge on any atom is -0.376 e. The fraction of sp³-hybridized carbons (Fsp3) is 0.556. The van der Waals surface area contributed by atoms with Crippen LogP contribution in [0.15, 0.2) is 0 Å². The van der Waals surface area contributed by atoms with Crippen LogP contribution in [0.1, 0.15) is 20.4 Å². The summed E-state index contributed by atoms with van der Waals surface area (Å²) in [7, 11) is 1.50. The molecule has 0 aliphatic carbocycles. The van der Waals surface area contributed by atoms with Gasteiger partial charge in [-0.3, -0.25) is 4.79 Å². The number of carbonyl (C=O) groups is 1. The molecular formula is C9H14N2O2S. The van der Waals surface area contributed by atoms with E-state index in [0.29, 0.717) is 11.6 Å². The summed E-state index contributed by atoms with van der Waals surface area (Å²) < 4.78 is 4.76. The van der Waals surface area contributed by atoms with Crippen molar-refractivity contribution in [2.75, 3.05) is 20.3 Å². The van der Waals surface area contributed by atoms with E-state index >= 15 is 0 Å². The number of aryl methyl sites for hydroxylation is 1. The standard InChI is InChI=1S/C9H14N2O2S/c1-6-8(3-4-10)14-9(11-6)7(12)5-13-2/h3-5,10H2,1-2H3. The third-order valence-electron chi connectivity index (χ3n) is 1.78. The van der Waals surface area contributed by atoms with Gasteiger partial charge in [0.15, 0.2) is 5.01 Å². The van der Waals surface area contributed by atoms with Gasteiger partial charge in [0.25, 0.3) is 0 Å². The highest BCUT2D eigenvalue weighted by Gasteiger charge is 2.13. The maximum absolute atomic E-state index is 11.4. The van der Waals surface area contributed by atoms with Gasteiger partial charge in [0.1, 0.15) is 6.61 Å². The molecule has 1 aromatic heterocycles. The highest BCUT2D eigenvalue weighted by atomic mass is 32.1. The summed E-state index contributed by atoms with van der Waals surface area (Å²) >= 11 is 1.41. The van der Waals surface area contributed by atoms with Gasteiger partial charge in [-0.15, -0.1) is 11.3 Å². The highest BCUT2D eigenvalue weighted by molar-refractivity contribution is 7.13. The minimum atomic E-state index is -0.0659. The molecule has 0 amide bonds. The Kier molecular flexibility index (Phi) is 4.19. The van der Waals surface area contributed by atoms with Crippen LogP contribution in [0.5, 0.6) is 0 Å². The summed E-state index contributed by atoms with van der Waals surface area (Å²) in [6.45, 7) is 2.57. The number of rotatable bonds is 5. The molecule has 14 heavy (non-hydrogen) atoms. The number of nitrogens with two attached hydrogens (primary N) is 1. The van der Waals surface area contributed by atoms with Gasteiger partial charge in [-0.2, -0.15) is 0 Å². The van der Waals surface area contributed by atoms with Gasteiger partial charge in [-0.05, 0) is 19.9 Å². The molecule has 0 aliphatic heterocycles. The summed E-state index contributed by atoms with van der Waals surface area (Å²) in [5, 5.41) is 0.521. The summed E-state index contributed by atoms with van der Waals surface area (Å²) in [6, 6.07) is 0. The fourth-order valence-electron chi connectivity index (χ4n) is 1.10. The van der Waals surface area contributed by atoms with Crippen molar-refractivity contribution in [2.24, 2.45) is 5.73 Å². The van der Waals surface area contributed by atoms with Crippen LogP contribution in [0.4, 0.5) is 0 Å². The first-order chi connectivity index (χ1) is 6.69. The Hall–Kier alpha value is -0.780. The Morgan fingerprint density at radius 3 is 2.93 bits per heavy atom. The van der Waals surface area contributed by atoms with Crippen LogP contribution in [-0.4, -0.2) is 31.0 Å². The van der Waals surface area contributed by atoms with Crippen LogP contribution in [0.25, 0.3) is 0 Å². The number of methoxy groups -OCH3 is 1. The Labute approximate surface area is 87.1 Å². The fourth-order valence-corrected chi connectivity index (χ4v) is 2.11. The van der Waals surface area contributed by atoms with E-state index in [4.69, 9.17) is 10.5 Å². The van der Waals surface area contributed by atoms with E-state index in [1.165, 1.54) is 18.4 Å². The molecule has 0 radical (unpaired) electrons. The lowest BCUT2D eigenvalue weighted by atomic mass is 10.3. The van der Waals surface area contributed by atoms with Crippen LogP contribution in [0, 0.1) is 6.92 Å². The molecule has 0 saturated heterocycles. The lowest BCUT2D eigenvalue weighted by Crippen LogP contribution is -2.06. The Balaban J connectivity index is 2.79. The third-order valence-corrected chi connectivity index (χ3v) is 3.04. The molecule has 78 valence electrons. The zero-order valence-corrected chi connectivity index (χ0v) is 9.19. The van der Waals surface area contributed by atoms with E-state index in [1.54, 1.807) is 0 Å². The first kappa shape index (κ1) is 11.3. The Bertz CT molecular complexity index is 323. The number of ether oxygens (including phenoxy) is 1. The zero-order chi connectivity index (χ0) is 10.6. The van der Waals surface area contributed by atoms with Gasteiger partial charge in [0.05, 0.1) is 5.69 Å². The minimum absolute atomic E-state index is 0.0659. The smallest absolute Gasteiger partial charge is 0.216 e. The number of carbonyl (C=O) groups excluding carboxylic acids is 1. The molecule has 1 rings (SSSR count). The van der Waals surface area contributed by atoms with Gasteiger partial charge in [0.2, 0.25) is 5.78 Å². The van der Waals surface area contributed by atoms with Crippen LogP contribution in [0.3, 0.4) is 0 Å². The molecule has 0 atom stereocenters. The molecule has 2 N–H and O–H groups in total. The molecule has 4 nitrogen and oxygen atoms in total. The lowest BCUT2D eigenvalue weighted by molar-refractivity contribution is 0.0847. The second kappa shape index (κ2) is 5.19. The molecule has 0 unspecified atom stereocenters. The number of aromatic nitrogens is 1. The Morgan fingerprint density at radius 2 is 2.36 bits per heavy atom. The average molecular weight is 214 g/mol. The lowest BCUT2D eigenvalue weighted by Gasteiger charge is -1.92. The molecule has 0 saturated carbocycles. The van der Waals surface area contributed by atoms with Gasteiger partial charge in [-0.25, -0.2) is 4.98 Å². The summed E-state index contributed by atoms with van der Waals surface area (Å²) in [5.74, 6) is -0.0659. The predicted molar refractivity (Wildman–Crippen MR) is 55.8 cm³/mol. The van der Waals surface area contributed by atoms with E-state index < -0.39 is 0 Å². The summed E-state index contributed by atoms with van der Waals surface area (Å²) in [4.78, 5) is 16.7. The van der Waals surface area contributed by atoms with Crippen molar-refractivity contribution in [3.05, 3.63) is 15.6 Å². The summed E-state index contributed by atoms with van der Waals surface area (Å²) in [5.41, 5.74) is 6.35. The molecule has 1 aromatic rings. The van der Waals surface area contributed by atoms with Crippen molar-refractivity contribution >= 4 is 17.1 Å². The normalized spacial score (nSPS) is 10.5. The largest absolute Gasteiger partial charge is 0.376 e. The zero-order valence-electron chi connectivity index (χ0n) is 8.37. The van der Waals surface area contributed by atoms with Crippen molar-refractivity contribution in [2.45, 2.75) is 13.3 Å². The molecule has 1 heterocycles. The molecule has 0 fully saturated rings. The van der Waals surface area contributed by atoms with Crippen molar-refractivity contribution < 1.29 is 9.53 Å². The molecule has 0 aromatic carbocycles. The summed E-state index contributed by atoms with van der Waals surface area (Å²) in [6.07, 6.45) is 0.782.